The van der Waals surface area contributed by atoms with E-state index in [1.165, 1.54) is 19.2 Å². The summed E-state index contributed by atoms with van der Waals surface area (Å²) in [6, 6.07) is 6.40. The number of nitrogens with two attached hydrogens (primary N) is 1. The zero-order valence-electron chi connectivity index (χ0n) is 12.4. The summed E-state index contributed by atoms with van der Waals surface area (Å²) >= 11 is 0. The van der Waals surface area contributed by atoms with Gasteiger partial charge in [-0.3, -0.25) is 4.79 Å². The average molecular weight is 349 g/mol. The van der Waals surface area contributed by atoms with Gasteiger partial charge in [0, 0.05) is 6.54 Å². The van der Waals surface area contributed by atoms with Gasteiger partial charge in [0.15, 0.2) is 0 Å². The number of sulfonamides is 1. The number of nitrogens with one attached hydrogen (secondary N) is 1. The van der Waals surface area contributed by atoms with Gasteiger partial charge in [-0.2, -0.15) is 0 Å². The minimum atomic E-state index is -3.52. The Bertz CT molecular complexity index is 612. The molecule has 1 aliphatic rings. The first-order chi connectivity index (χ1) is 9.96. The molecule has 0 unspecified atom stereocenters. The minimum absolute atomic E-state index is 0. The monoisotopic (exact) mass is 348 g/mol. The highest BCUT2D eigenvalue weighted by Crippen LogP contribution is 2.49. The molecule has 0 atom stereocenters. The summed E-state index contributed by atoms with van der Waals surface area (Å²) in [5, 5.41) is 0. The van der Waals surface area contributed by atoms with Crippen molar-refractivity contribution >= 4 is 28.4 Å². The van der Waals surface area contributed by atoms with Crippen LogP contribution in [0.15, 0.2) is 29.2 Å². The van der Waals surface area contributed by atoms with Gasteiger partial charge in [-0.05, 0) is 43.5 Å². The maximum atomic E-state index is 12.0. The number of halogens is 1. The topological polar surface area (TPSA) is 98.5 Å². The molecule has 2 rings (SSSR count). The van der Waals surface area contributed by atoms with Gasteiger partial charge in [0.05, 0.1) is 17.4 Å². The lowest BCUT2D eigenvalue weighted by atomic mass is 9.96. The molecule has 0 saturated heterocycles. The Labute approximate surface area is 136 Å². The van der Waals surface area contributed by atoms with Gasteiger partial charge in [0.2, 0.25) is 10.0 Å². The van der Waals surface area contributed by atoms with Gasteiger partial charge < -0.3 is 10.5 Å². The normalized spacial score (nSPS) is 15.7. The average Bonchev–Trinajstić information content (AvgIpc) is 3.28. The van der Waals surface area contributed by atoms with Crippen LogP contribution in [0, 0.1) is 0 Å². The fourth-order valence-electron chi connectivity index (χ4n) is 2.28. The molecule has 0 spiro atoms. The molecular weight excluding hydrogens is 328 g/mol. The zero-order chi connectivity index (χ0) is 15.5. The molecule has 1 fully saturated rings. The molecule has 0 radical (unpaired) electrons. The van der Waals surface area contributed by atoms with Crippen molar-refractivity contribution in [3.8, 4) is 0 Å². The van der Waals surface area contributed by atoms with E-state index in [2.05, 4.69) is 4.72 Å². The number of benzene rings is 1. The second-order valence-corrected chi connectivity index (χ2v) is 6.91. The summed E-state index contributed by atoms with van der Waals surface area (Å²) in [5.41, 5.74) is 5.56. The van der Waals surface area contributed by atoms with E-state index >= 15 is 0 Å². The lowest BCUT2D eigenvalue weighted by Gasteiger charge is -2.13. The van der Waals surface area contributed by atoms with Crippen LogP contribution in [0.1, 0.15) is 24.8 Å². The van der Waals surface area contributed by atoms with Crippen LogP contribution in [0.2, 0.25) is 0 Å². The molecule has 1 aromatic carbocycles. The van der Waals surface area contributed by atoms with E-state index in [4.69, 9.17) is 10.5 Å². The molecule has 6 nitrogen and oxygen atoms in total. The van der Waals surface area contributed by atoms with Crippen LogP contribution in [0.25, 0.3) is 0 Å². The number of hydrogen-bond donors (Lipinski definition) is 2. The van der Waals surface area contributed by atoms with Crippen LogP contribution in [0.3, 0.4) is 0 Å². The molecule has 0 heterocycles. The van der Waals surface area contributed by atoms with Crippen LogP contribution >= 0.6 is 12.4 Å². The predicted molar refractivity (Wildman–Crippen MR) is 85.5 cm³/mol. The second-order valence-electron chi connectivity index (χ2n) is 5.14. The van der Waals surface area contributed by atoms with E-state index in [-0.39, 0.29) is 23.3 Å². The number of carbonyl (C=O) groups excluding carboxylic acids is 1. The third kappa shape index (κ3) is 3.78. The summed E-state index contributed by atoms with van der Waals surface area (Å²) < 4.78 is 31.4. The van der Waals surface area contributed by atoms with Crippen molar-refractivity contribution in [2.24, 2.45) is 5.73 Å². The van der Waals surface area contributed by atoms with Crippen molar-refractivity contribution in [2.45, 2.75) is 29.6 Å². The van der Waals surface area contributed by atoms with Gasteiger partial charge in [-0.15, -0.1) is 12.4 Å². The summed E-state index contributed by atoms with van der Waals surface area (Å²) in [6.45, 7) is 0.746. The molecule has 0 amide bonds. The molecular formula is C14H21ClN2O4S. The molecule has 1 saturated carbocycles. The third-order valence-corrected chi connectivity index (χ3v) is 5.19. The maximum absolute atomic E-state index is 12.0. The van der Waals surface area contributed by atoms with Gasteiger partial charge in [0.1, 0.15) is 0 Å². The zero-order valence-corrected chi connectivity index (χ0v) is 14.0. The number of methoxy groups -OCH3 is 1. The summed E-state index contributed by atoms with van der Waals surface area (Å²) in [6.07, 6.45) is 2.06. The molecule has 0 aliphatic heterocycles. The Balaban J connectivity index is 0.00000242. The van der Waals surface area contributed by atoms with Crippen LogP contribution in [0.5, 0.6) is 0 Å². The van der Waals surface area contributed by atoms with Crippen molar-refractivity contribution in [1.82, 2.24) is 4.72 Å². The highest BCUT2D eigenvalue weighted by atomic mass is 35.5. The quantitative estimate of drug-likeness (QED) is 0.564. The Morgan fingerprint density at radius 1 is 1.32 bits per heavy atom. The van der Waals surface area contributed by atoms with E-state index in [1.807, 2.05) is 0 Å². The largest absolute Gasteiger partial charge is 0.468 e. The van der Waals surface area contributed by atoms with E-state index in [0.29, 0.717) is 19.5 Å². The van der Waals surface area contributed by atoms with E-state index < -0.39 is 15.4 Å². The number of carbonyl (C=O) groups is 1. The van der Waals surface area contributed by atoms with Gasteiger partial charge in [-0.1, -0.05) is 12.1 Å². The standard InChI is InChI=1S/C14H20N2O4S.ClH/c1-20-13(17)14(7-8-14)11-3-5-12(6-4-11)21(18,19)16-10-2-9-15;/h3-6,16H,2,7-10,15H2,1H3;1H. The Morgan fingerprint density at radius 2 is 1.91 bits per heavy atom. The second kappa shape index (κ2) is 7.41. The Kier molecular flexibility index (Phi) is 6.37. The van der Waals surface area contributed by atoms with Crippen LogP contribution in [-0.2, 0) is 25.0 Å². The van der Waals surface area contributed by atoms with Crippen molar-refractivity contribution in [1.29, 1.82) is 0 Å². The maximum Gasteiger partial charge on any atom is 0.316 e. The SMILES string of the molecule is COC(=O)C1(c2ccc(S(=O)(=O)NCCCN)cc2)CC1.Cl. The molecule has 0 bridgehead atoms. The number of esters is 1. The van der Waals surface area contributed by atoms with E-state index in [9.17, 15) is 13.2 Å². The third-order valence-electron chi connectivity index (χ3n) is 3.72. The van der Waals surface area contributed by atoms with Crippen molar-refractivity contribution < 1.29 is 17.9 Å². The highest BCUT2D eigenvalue weighted by molar-refractivity contribution is 7.89. The molecule has 124 valence electrons. The molecule has 8 heteroatoms. The fourth-order valence-corrected chi connectivity index (χ4v) is 3.35. The summed E-state index contributed by atoms with van der Waals surface area (Å²) in [4.78, 5) is 12.0. The first kappa shape index (κ1) is 18.9. The van der Waals surface area contributed by atoms with Gasteiger partial charge >= 0.3 is 5.97 Å². The first-order valence-electron chi connectivity index (χ1n) is 6.85. The smallest absolute Gasteiger partial charge is 0.316 e. The van der Waals surface area contributed by atoms with Crippen molar-refractivity contribution in [3.63, 3.8) is 0 Å². The molecule has 0 aromatic heterocycles. The van der Waals surface area contributed by atoms with E-state index in [0.717, 1.165) is 18.4 Å². The minimum Gasteiger partial charge on any atom is -0.468 e. The molecule has 1 aliphatic carbocycles. The summed E-state index contributed by atoms with van der Waals surface area (Å²) in [5.74, 6) is -0.265. The van der Waals surface area contributed by atoms with Crippen LogP contribution in [0.4, 0.5) is 0 Å². The lowest BCUT2D eigenvalue weighted by Crippen LogP contribution is -2.26. The number of ether oxygens (including phenoxy) is 1. The van der Waals surface area contributed by atoms with Crippen LogP contribution < -0.4 is 10.5 Å². The Hall–Kier alpha value is -1.15. The molecule has 1 aromatic rings. The van der Waals surface area contributed by atoms with Crippen molar-refractivity contribution in [2.75, 3.05) is 20.2 Å². The van der Waals surface area contributed by atoms with Gasteiger partial charge in [0.25, 0.3) is 0 Å². The van der Waals surface area contributed by atoms with Crippen LogP contribution in [-0.4, -0.2) is 34.6 Å². The first-order valence-corrected chi connectivity index (χ1v) is 8.33. The van der Waals surface area contributed by atoms with E-state index in [1.54, 1.807) is 12.1 Å². The van der Waals surface area contributed by atoms with Crippen molar-refractivity contribution in [3.05, 3.63) is 29.8 Å². The number of rotatable bonds is 7. The highest BCUT2D eigenvalue weighted by Gasteiger charge is 2.52. The van der Waals surface area contributed by atoms with Gasteiger partial charge in [-0.25, -0.2) is 13.1 Å². The number of hydrogen-bond acceptors (Lipinski definition) is 5. The molecule has 3 N–H and O–H groups in total. The summed E-state index contributed by atoms with van der Waals surface area (Å²) in [7, 11) is -2.16. The molecule has 22 heavy (non-hydrogen) atoms. The predicted octanol–water partition coefficient (Wildman–Crippen LogP) is 0.940. The Morgan fingerprint density at radius 3 is 2.36 bits per heavy atom. The fraction of sp³-hybridized carbons (Fsp3) is 0.500. The lowest BCUT2D eigenvalue weighted by molar-refractivity contribution is -0.143.